The van der Waals surface area contributed by atoms with Gasteiger partial charge in [-0.2, -0.15) is 0 Å². The molecule has 15 heteroatoms. The fourth-order valence-electron chi connectivity index (χ4n) is 7.37. The summed E-state index contributed by atoms with van der Waals surface area (Å²) in [5.41, 5.74) is -1.23. The number of benzene rings is 1. The molecule has 4 heterocycles. The summed E-state index contributed by atoms with van der Waals surface area (Å²) in [7, 11) is 1.42. The first-order chi connectivity index (χ1) is 25.3. The van der Waals surface area contributed by atoms with Crippen molar-refractivity contribution in [3.63, 3.8) is 0 Å². The number of carbonyl (C=O) groups excluding carboxylic acids is 5. The van der Waals surface area contributed by atoms with Crippen LogP contribution in [0.5, 0.6) is 11.5 Å². The zero-order valence-corrected chi connectivity index (χ0v) is 31.6. The Morgan fingerprint density at radius 2 is 1.65 bits per heavy atom. The molecule has 0 aromatic heterocycles. The second kappa shape index (κ2) is 15.1. The van der Waals surface area contributed by atoms with Crippen LogP contribution in [0.1, 0.15) is 80.3 Å². The van der Waals surface area contributed by atoms with Crippen molar-refractivity contribution >= 4 is 29.4 Å². The predicted molar refractivity (Wildman–Crippen MR) is 189 cm³/mol. The number of phenols is 1. The lowest BCUT2D eigenvalue weighted by Gasteiger charge is -2.38. The molecule has 4 N–H and O–H groups in total. The van der Waals surface area contributed by atoms with Crippen molar-refractivity contribution in [1.29, 1.82) is 0 Å². The van der Waals surface area contributed by atoms with E-state index in [0.29, 0.717) is 0 Å². The fourth-order valence-corrected chi connectivity index (χ4v) is 7.37. The van der Waals surface area contributed by atoms with Crippen LogP contribution < -0.4 is 10.1 Å². The number of hydrogen-bond acceptors (Lipinski definition) is 14. The van der Waals surface area contributed by atoms with Gasteiger partial charge in [-0.05, 0) is 19.9 Å². The molecule has 1 amide bonds. The minimum absolute atomic E-state index is 0.00812. The van der Waals surface area contributed by atoms with Gasteiger partial charge >= 0.3 is 17.7 Å². The number of carbonyl (C=O) groups is 5. The summed E-state index contributed by atoms with van der Waals surface area (Å²) in [6.07, 6.45) is 4.41. The molecule has 1 saturated heterocycles. The number of aromatic hydroxyl groups is 1. The molecule has 4 aliphatic heterocycles. The molecule has 6 rings (SSSR count). The van der Waals surface area contributed by atoms with Crippen LogP contribution >= 0.6 is 0 Å². The van der Waals surface area contributed by atoms with Gasteiger partial charge < -0.3 is 49.1 Å². The van der Waals surface area contributed by atoms with Crippen molar-refractivity contribution in [2.75, 3.05) is 13.7 Å². The van der Waals surface area contributed by atoms with Gasteiger partial charge in [-0.3, -0.25) is 19.2 Å². The van der Waals surface area contributed by atoms with Gasteiger partial charge in [-0.15, -0.1) is 0 Å². The van der Waals surface area contributed by atoms with E-state index in [1.807, 2.05) is 0 Å². The van der Waals surface area contributed by atoms with Crippen LogP contribution in [0, 0.1) is 30.6 Å². The van der Waals surface area contributed by atoms with Crippen molar-refractivity contribution in [2.24, 2.45) is 23.7 Å². The molecule has 15 nitrogen and oxygen atoms in total. The van der Waals surface area contributed by atoms with E-state index in [-0.39, 0.29) is 33.7 Å². The van der Waals surface area contributed by atoms with E-state index in [1.54, 1.807) is 39.8 Å². The number of amides is 1. The van der Waals surface area contributed by atoms with Crippen LogP contribution in [0.2, 0.25) is 0 Å². The maximum atomic E-state index is 14.3. The van der Waals surface area contributed by atoms with Crippen LogP contribution in [0.3, 0.4) is 0 Å². The van der Waals surface area contributed by atoms with E-state index in [2.05, 4.69) is 5.32 Å². The molecule has 54 heavy (non-hydrogen) atoms. The first-order valence-electron chi connectivity index (χ1n) is 17.6. The minimum atomic E-state index is -2.21. The van der Waals surface area contributed by atoms with Gasteiger partial charge in [0.2, 0.25) is 5.78 Å². The first-order valence-corrected chi connectivity index (χ1v) is 17.6. The highest BCUT2D eigenvalue weighted by molar-refractivity contribution is 6.19. The number of nitrogens with one attached hydrogen (secondary N) is 1. The number of allylic oxidation sites excluding steroid dienone is 3. The Kier molecular flexibility index (Phi) is 11.3. The molecule has 1 fully saturated rings. The molecule has 1 unspecified atom stereocenters. The van der Waals surface area contributed by atoms with Crippen LogP contribution in [0.25, 0.3) is 0 Å². The van der Waals surface area contributed by atoms with E-state index in [1.165, 1.54) is 47.0 Å². The number of methoxy groups -OCH3 is 1. The van der Waals surface area contributed by atoms with Crippen LogP contribution in [0.4, 0.5) is 0 Å². The summed E-state index contributed by atoms with van der Waals surface area (Å²) < 4.78 is 34.8. The molecule has 1 aromatic rings. The molecule has 1 spiro atoms. The van der Waals surface area contributed by atoms with Crippen LogP contribution in [-0.4, -0.2) is 88.7 Å². The normalized spacial score (nSPS) is 36.1. The Balaban J connectivity index is 1.66. The van der Waals surface area contributed by atoms with Crippen molar-refractivity contribution < 1.29 is 67.7 Å². The fraction of sp³-hybridized carbons (Fsp3) is 0.513. The monoisotopic (exact) mass is 753 g/mol. The lowest BCUT2D eigenvalue weighted by molar-refractivity contribution is -0.161. The van der Waals surface area contributed by atoms with Gasteiger partial charge in [-0.25, -0.2) is 4.79 Å². The van der Waals surface area contributed by atoms with E-state index in [9.17, 15) is 39.3 Å². The quantitative estimate of drug-likeness (QED) is 0.320. The first kappa shape index (κ1) is 40.4. The third-order valence-electron chi connectivity index (χ3n) is 10.6. The number of ketones is 2. The van der Waals surface area contributed by atoms with E-state index < -0.39 is 107 Å². The molecule has 10 atom stereocenters. The van der Waals surface area contributed by atoms with Crippen molar-refractivity contribution in [1.82, 2.24) is 5.32 Å². The average molecular weight is 754 g/mol. The molecule has 0 radical (unpaired) electrons. The number of rotatable bonds is 2. The molecular formula is C39H47NO14. The number of esters is 2. The van der Waals surface area contributed by atoms with Crippen LogP contribution in [0.15, 0.2) is 47.9 Å². The van der Waals surface area contributed by atoms with Gasteiger partial charge in [0.25, 0.3) is 17.5 Å². The summed E-state index contributed by atoms with van der Waals surface area (Å²) in [5.74, 6) is -11.4. The second-order valence-electron chi connectivity index (χ2n) is 14.4. The summed E-state index contributed by atoms with van der Waals surface area (Å²) in [5, 5.41) is 36.6. The highest BCUT2D eigenvalue weighted by atomic mass is 16.8. The SMILES string of the molecule is CO[C@H]1/C=C\O[C@@]2(C)Oc3c(C)c(O)c4c(c3C2=O)C2(C=C(NC(=O)/C(C)=C\C=C[C@H](C)[C@H](O)[C@@H](C)[C@@H](O)[C@@H](C)[C@H](OC(C)=O)[C@@H]1C)C4=O)OCC(=O)O2. The number of aliphatic hydroxyl groups is 2. The second-order valence-corrected chi connectivity index (χ2v) is 14.4. The molecule has 0 saturated carbocycles. The number of Topliss-reactive ketones (excluding diaryl/α,β-unsaturated/α-hetero) is 2. The molecule has 5 bridgehead atoms. The minimum Gasteiger partial charge on any atom is -0.507 e. The molecule has 292 valence electrons. The summed E-state index contributed by atoms with van der Waals surface area (Å²) in [6, 6.07) is 0. The van der Waals surface area contributed by atoms with Gasteiger partial charge in [0.15, 0.2) is 0 Å². The average Bonchev–Trinajstić information content (AvgIpc) is 3.62. The van der Waals surface area contributed by atoms with Crippen molar-refractivity contribution in [3.8, 4) is 11.5 Å². The standard InChI is InChI=1S/C39H47NO14/c1-17-11-10-12-18(2)37(48)40-24-15-39(51-16-26(42)53-39)29-27(33(24)46)32(45)22(6)35-28(29)36(47)38(8,54-35)50-14-13-25(49-9)19(3)34(52-23(7)41)21(5)31(44)20(4)30(17)43/h10-15,17,19-21,25,30-31,34,43-45H,16H2,1-9H3,(H,40,48)/b11-10?,14-13-,18-12-/t17-,19+,20+,21+,25-,30-,31+,34+,38-,39?/m0/s1. The predicted octanol–water partition coefficient (Wildman–Crippen LogP) is 3.17. The van der Waals surface area contributed by atoms with Crippen molar-refractivity contribution in [3.05, 3.63) is 70.2 Å². The topological polar surface area (TPSA) is 213 Å². The van der Waals surface area contributed by atoms with Gasteiger partial charge in [0, 0.05) is 61.8 Å². The van der Waals surface area contributed by atoms with Gasteiger partial charge in [0.1, 0.15) is 24.2 Å². The number of aliphatic hydroxyl groups excluding tert-OH is 2. The number of hydrogen-bond donors (Lipinski definition) is 4. The Morgan fingerprint density at radius 3 is 2.26 bits per heavy atom. The van der Waals surface area contributed by atoms with Gasteiger partial charge in [-0.1, -0.05) is 45.9 Å². The van der Waals surface area contributed by atoms with Crippen LogP contribution in [-0.2, 0) is 43.9 Å². The molecule has 1 aromatic carbocycles. The highest BCUT2D eigenvalue weighted by Gasteiger charge is 2.58. The third-order valence-corrected chi connectivity index (χ3v) is 10.6. The Hall–Kier alpha value is -4.83. The summed E-state index contributed by atoms with van der Waals surface area (Å²) >= 11 is 0. The largest absolute Gasteiger partial charge is 0.507 e. The number of fused-ring (bicyclic) bond motifs is 13. The van der Waals surface area contributed by atoms with E-state index in [4.69, 9.17) is 28.4 Å². The molecule has 1 aliphatic carbocycles. The molecular weight excluding hydrogens is 706 g/mol. The van der Waals surface area contributed by atoms with E-state index >= 15 is 0 Å². The number of phenolic OH excluding ortho intramolecular Hbond substituents is 1. The van der Waals surface area contributed by atoms with E-state index in [0.717, 1.165) is 12.3 Å². The summed E-state index contributed by atoms with van der Waals surface area (Å²) in [4.78, 5) is 66.6. The lowest BCUT2D eigenvalue weighted by atomic mass is 9.78. The van der Waals surface area contributed by atoms with Crippen molar-refractivity contribution in [2.45, 2.75) is 91.4 Å². The highest BCUT2D eigenvalue weighted by Crippen LogP contribution is 2.53. The zero-order chi connectivity index (χ0) is 40.0. The maximum absolute atomic E-state index is 14.3. The Bertz CT molecular complexity index is 1880. The zero-order valence-electron chi connectivity index (χ0n) is 31.6. The smallest absolute Gasteiger partial charge is 0.335 e. The number of ether oxygens (including phenoxy) is 6. The summed E-state index contributed by atoms with van der Waals surface area (Å²) in [6.45, 7) is 11.7. The third kappa shape index (κ3) is 7.08. The maximum Gasteiger partial charge on any atom is 0.335 e. The lowest BCUT2D eigenvalue weighted by Crippen LogP contribution is -2.46. The molecule has 5 aliphatic rings. The Morgan fingerprint density at radius 1 is 0.963 bits per heavy atom. The Labute approximate surface area is 312 Å². The van der Waals surface area contributed by atoms with Gasteiger partial charge in [0.05, 0.1) is 47.0 Å².